The molecule has 4 aromatic rings. The summed E-state index contributed by atoms with van der Waals surface area (Å²) in [5.74, 6) is -8.50. The normalized spacial score (nSPS) is 15.3. The lowest BCUT2D eigenvalue weighted by atomic mass is 9.80. The highest BCUT2D eigenvalue weighted by Crippen LogP contribution is 2.49. The van der Waals surface area contributed by atoms with Gasteiger partial charge in [0, 0.05) is 80.1 Å². The van der Waals surface area contributed by atoms with Gasteiger partial charge in [0.05, 0.1) is 34.2 Å². The fourth-order valence-electron chi connectivity index (χ4n) is 10.1. The third-order valence-corrected chi connectivity index (χ3v) is 18.1. The number of pyridine rings is 2. The van der Waals surface area contributed by atoms with Crippen molar-refractivity contribution < 1.29 is 98.5 Å². The second-order valence-electron chi connectivity index (χ2n) is 22.0. The number of carboxylic acids is 1. The van der Waals surface area contributed by atoms with Gasteiger partial charge >= 0.3 is 5.97 Å². The van der Waals surface area contributed by atoms with Crippen LogP contribution in [0.25, 0.3) is 22.3 Å². The average Bonchev–Trinajstić information content (AvgIpc) is 1.59. The lowest BCUT2D eigenvalue weighted by Crippen LogP contribution is -2.32. The minimum absolute atomic E-state index is 0.0111. The Morgan fingerprint density at radius 2 is 0.922 bits per heavy atom. The number of benzene rings is 2. The summed E-state index contributed by atoms with van der Waals surface area (Å²) < 4.78 is 163. The predicted octanol–water partition coefficient (Wildman–Crippen LogP) is 3.37. The van der Waals surface area contributed by atoms with E-state index in [0.717, 1.165) is 16.9 Å². The molecule has 0 radical (unpaired) electrons. The summed E-state index contributed by atoms with van der Waals surface area (Å²) in [6, 6.07) is 15.9. The number of carbonyl (C=O) groups excluding carboxylic acids is 4. The number of unbranched alkanes of at least 4 members (excludes halogenated alkanes) is 2. The van der Waals surface area contributed by atoms with E-state index in [0.29, 0.717) is 59.5 Å². The molecule has 0 aliphatic carbocycles. The Morgan fingerprint density at radius 1 is 0.500 bits per heavy atom. The van der Waals surface area contributed by atoms with E-state index < -0.39 is 146 Å². The van der Waals surface area contributed by atoms with Crippen molar-refractivity contribution in [3.8, 4) is 22.3 Å². The first-order valence-corrected chi connectivity index (χ1v) is 35.7. The SMILES string of the molecule is CC1(C)C(/C=C/C=C/C=C2/N(CCCCCC(=O)O)c3ccc(-c4cc(C(=O)NCCS(=O)(=O)O)nc(C(=O)NCCS(=O)(=O)O)c4)cc3C2(C)C)=[N+](CCCS(=O)(=O)O)c2ccc(-c3cc(C(=O)NCCS(=O)(=O)O)nc(C(=O)NCCS(=O)(=O)O)c3)cc21. The van der Waals surface area contributed by atoms with Crippen molar-refractivity contribution in [1.82, 2.24) is 31.2 Å². The van der Waals surface area contributed by atoms with Crippen LogP contribution in [-0.4, -0.2) is 188 Å². The van der Waals surface area contributed by atoms with Gasteiger partial charge in [-0.2, -0.15) is 46.7 Å². The molecule has 2 aliphatic heterocycles. The van der Waals surface area contributed by atoms with Crippen molar-refractivity contribution in [2.75, 3.05) is 72.9 Å². The highest BCUT2D eigenvalue weighted by Gasteiger charge is 2.45. The van der Waals surface area contributed by atoms with Crippen molar-refractivity contribution >= 4 is 97.3 Å². The van der Waals surface area contributed by atoms with Gasteiger partial charge in [0.1, 0.15) is 29.3 Å². The van der Waals surface area contributed by atoms with Crippen LogP contribution < -0.4 is 26.2 Å². The van der Waals surface area contributed by atoms with Crippen LogP contribution >= 0.6 is 0 Å². The molecule has 0 saturated carbocycles. The quantitative estimate of drug-likeness (QED) is 0.0149. The lowest BCUT2D eigenvalue weighted by molar-refractivity contribution is -0.437. The van der Waals surface area contributed by atoms with Crippen LogP contribution in [0.15, 0.2) is 96.7 Å². The molecule has 10 N–H and O–H groups in total. The van der Waals surface area contributed by atoms with E-state index in [4.69, 9.17) is 0 Å². The molecular formula is C56H69N8O21S5+. The Hall–Kier alpha value is -7.67. The molecule has 6 rings (SSSR count). The highest BCUT2D eigenvalue weighted by atomic mass is 32.2. The number of hydrogen-bond donors (Lipinski definition) is 10. The number of rotatable bonds is 31. The first-order chi connectivity index (χ1) is 41.7. The van der Waals surface area contributed by atoms with Gasteiger partial charge in [0.25, 0.3) is 74.2 Å². The maximum Gasteiger partial charge on any atom is 0.303 e. The summed E-state index contributed by atoms with van der Waals surface area (Å²) in [7, 11) is -22.3. The third kappa shape index (κ3) is 20.4. The molecule has 29 nitrogen and oxygen atoms in total. The number of aliphatic carboxylic acids is 1. The maximum atomic E-state index is 13.3. The average molecular weight is 1350 g/mol. The Bertz CT molecular complexity index is 4070. The van der Waals surface area contributed by atoms with E-state index in [2.05, 4.69) is 36.1 Å². The second-order valence-corrected chi connectivity index (χ2v) is 29.8. The first-order valence-electron chi connectivity index (χ1n) is 27.7. The van der Waals surface area contributed by atoms with Gasteiger partial charge in [0.15, 0.2) is 5.71 Å². The molecule has 0 atom stereocenters. The number of nitrogens with zero attached hydrogens (tertiary/aromatic N) is 4. The molecule has 2 aromatic carbocycles. The van der Waals surface area contributed by atoms with Crippen molar-refractivity contribution in [3.63, 3.8) is 0 Å². The van der Waals surface area contributed by atoms with Crippen molar-refractivity contribution in [2.45, 2.75) is 70.6 Å². The van der Waals surface area contributed by atoms with E-state index >= 15 is 0 Å². The minimum Gasteiger partial charge on any atom is -0.481 e. The van der Waals surface area contributed by atoms with Crippen LogP contribution in [0, 0.1) is 0 Å². The van der Waals surface area contributed by atoms with Gasteiger partial charge in [-0.25, -0.2) is 9.97 Å². The number of anilines is 1. The maximum absolute atomic E-state index is 13.3. The van der Waals surface area contributed by atoms with Crippen LogP contribution in [0.1, 0.15) is 113 Å². The van der Waals surface area contributed by atoms with Gasteiger partial charge in [0.2, 0.25) is 5.69 Å². The van der Waals surface area contributed by atoms with E-state index in [1.807, 2.05) is 56.6 Å². The molecule has 0 fully saturated rings. The summed E-state index contributed by atoms with van der Waals surface area (Å²) in [5.41, 5.74) is 2.79. The molecule has 0 unspecified atom stereocenters. The largest absolute Gasteiger partial charge is 0.481 e. The Labute approximate surface area is 520 Å². The fourth-order valence-corrected chi connectivity index (χ4v) is 12.0. The number of nitrogens with one attached hydrogen (secondary N) is 4. The second kappa shape index (κ2) is 29.1. The Kier molecular flexibility index (Phi) is 23.1. The minimum atomic E-state index is -4.48. The summed E-state index contributed by atoms with van der Waals surface area (Å²) in [6.07, 6.45) is 10.6. The number of carboxylic acid groups (broad SMARTS) is 1. The van der Waals surface area contributed by atoms with Crippen LogP contribution in [0.2, 0.25) is 0 Å². The third-order valence-electron chi connectivity index (χ3n) is 14.4. The predicted molar refractivity (Wildman–Crippen MR) is 331 cm³/mol. The van der Waals surface area contributed by atoms with E-state index in [-0.39, 0.29) is 47.7 Å². The van der Waals surface area contributed by atoms with Crippen LogP contribution in [-0.2, 0) is 66.2 Å². The molecule has 90 heavy (non-hydrogen) atoms. The molecule has 0 bridgehead atoms. The molecule has 4 heterocycles. The van der Waals surface area contributed by atoms with Gasteiger partial charge in [-0.15, -0.1) is 0 Å². The smallest absolute Gasteiger partial charge is 0.303 e. The van der Waals surface area contributed by atoms with Crippen LogP contribution in [0.5, 0.6) is 0 Å². The molecule has 488 valence electrons. The van der Waals surface area contributed by atoms with Crippen LogP contribution in [0.4, 0.5) is 11.4 Å². The number of hydrogen-bond acceptors (Lipinski definition) is 18. The van der Waals surface area contributed by atoms with E-state index in [1.165, 1.54) is 24.3 Å². The zero-order chi connectivity index (χ0) is 66.8. The number of carbonyl (C=O) groups is 5. The summed E-state index contributed by atoms with van der Waals surface area (Å²) in [6.45, 7) is 6.20. The van der Waals surface area contributed by atoms with Crippen LogP contribution in [0.3, 0.4) is 0 Å². The molecule has 4 amide bonds. The van der Waals surface area contributed by atoms with Gasteiger partial charge in [-0.1, -0.05) is 44.6 Å². The standard InChI is InChI=1S/C56H68N8O21S5/c1-55(2)40-30-36(38-32-42(51(67)57-19-26-87(74,75)76)61-43(33-38)52(68)58-20-27-88(77,78)79)15-17-46(40)63(23-10-6-9-14-50(65)66)48(55)12-7-5-8-13-49-56(3,4)41-31-37(16-18-47(41)64(49)24-11-25-86(71,72)73)39-34-44(53(69)59-21-28-89(80,81)82)62-45(35-39)54(70)60-22-29-90(83,84)85/h5,7-8,12-13,15-18,30-35H,6,9-11,14,19-29H2,1-4H3,(H9-,57,58,59,60,65,66,67,68,69,70,71,72,73,74,75,76,77,78,79,80,81,82,83,84,85)/p+1. The molecular weight excluding hydrogens is 1280 g/mol. The zero-order valence-corrected chi connectivity index (χ0v) is 53.2. The molecule has 34 heteroatoms. The van der Waals surface area contributed by atoms with E-state index in [1.54, 1.807) is 42.5 Å². The molecule has 0 saturated heterocycles. The Balaban J connectivity index is 1.37. The number of fused-ring (bicyclic) bond motifs is 2. The summed E-state index contributed by atoms with van der Waals surface area (Å²) >= 11 is 0. The zero-order valence-electron chi connectivity index (χ0n) is 49.1. The van der Waals surface area contributed by atoms with Gasteiger partial charge in [-0.05, 0) is 109 Å². The molecule has 2 aromatic heterocycles. The fraction of sp³-hybridized carbons (Fsp3) is 0.393. The monoisotopic (exact) mass is 1350 g/mol. The van der Waals surface area contributed by atoms with Crippen molar-refractivity contribution in [2.24, 2.45) is 0 Å². The number of amides is 4. The summed E-state index contributed by atoms with van der Waals surface area (Å²) in [4.78, 5) is 75.1. The van der Waals surface area contributed by atoms with Gasteiger partial charge < -0.3 is 31.3 Å². The van der Waals surface area contributed by atoms with Gasteiger partial charge in [-0.3, -0.25) is 46.7 Å². The first kappa shape index (κ1) is 71.4. The van der Waals surface area contributed by atoms with E-state index in [9.17, 15) is 93.9 Å². The molecule has 2 aliphatic rings. The topological polar surface area (TPSA) is 458 Å². The number of allylic oxidation sites excluding steroid dienone is 6. The number of aromatic nitrogens is 2. The highest BCUT2D eigenvalue weighted by molar-refractivity contribution is 7.86. The Morgan fingerprint density at radius 3 is 1.34 bits per heavy atom. The van der Waals surface area contributed by atoms with Crippen molar-refractivity contribution in [3.05, 3.63) is 131 Å². The summed E-state index contributed by atoms with van der Waals surface area (Å²) in [5, 5.41) is 18.6. The van der Waals surface area contributed by atoms with Crippen molar-refractivity contribution in [1.29, 1.82) is 0 Å². The molecule has 0 spiro atoms. The lowest BCUT2D eigenvalue weighted by Gasteiger charge is -2.27.